The van der Waals surface area contributed by atoms with Crippen molar-refractivity contribution in [1.29, 1.82) is 0 Å². The molecule has 1 aliphatic rings. The summed E-state index contributed by atoms with van der Waals surface area (Å²) in [4.78, 5) is 28.4. The van der Waals surface area contributed by atoms with E-state index in [2.05, 4.69) is 4.90 Å². The van der Waals surface area contributed by atoms with Crippen LogP contribution < -0.4 is 0 Å². The Balaban J connectivity index is 2.02. The Morgan fingerprint density at radius 2 is 1.92 bits per heavy atom. The first-order chi connectivity index (χ1) is 11.6. The van der Waals surface area contributed by atoms with Gasteiger partial charge in [0.05, 0.1) is 26.7 Å². The molecule has 24 heavy (non-hydrogen) atoms. The quantitative estimate of drug-likeness (QED) is 0.704. The summed E-state index contributed by atoms with van der Waals surface area (Å²) < 4.78 is 10.0. The van der Waals surface area contributed by atoms with Crippen LogP contribution in [0.15, 0.2) is 24.3 Å². The number of carbonyl (C=O) groups excluding carboxylic acids is 2. The van der Waals surface area contributed by atoms with Crippen molar-refractivity contribution in [3.05, 3.63) is 35.4 Å². The normalized spacial score (nSPS) is 15.1. The first-order valence-electron chi connectivity index (χ1n) is 8.33. The van der Waals surface area contributed by atoms with Crippen LogP contribution in [0.4, 0.5) is 0 Å². The van der Waals surface area contributed by atoms with E-state index < -0.39 is 0 Å². The number of hydrogen-bond acceptors (Lipinski definition) is 5. The van der Waals surface area contributed by atoms with Crippen LogP contribution in [0.1, 0.15) is 22.3 Å². The van der Waals surface area contributed by atoms with E-state index in [0.29, 0.717) is 18.7 Å². The Morgan fingerprint density at radius 3 is 2.58 bits per heavy atom. The van der Waals surface area contributed by atoms with Gasteiger partial charge in [-0.3, -0.25) is 14.5 Å². The fraction of sp³-hybridized carbons (Fsp3) is 0.556. The van der Waals surface area contributed by atoms with Gasteiger partial charge in [0, 0.05) is 38.3 Å². The minimum atomic E-state index is -0.302. The number of aryl methyl sites for hydroxylation is 1. The molecular formula is C18H26N2O4. The molecule has 6 heteroatoms. The van der Waals surface area contributed by atoms with E-state index in [1.807, 2.05) is 31.2 Å². The third kappa shape index (κ3) is 5.32. The zero-order valence-corrected chi connectivity index (χ0v) is 14.5. The monoisotopic (exact) mass is 334 g/mol. The predicted octanol–water partition coefficient (Wildman–Crippen LogP) is 1.33. The second-order valence-corrected chi connectivity index (χ2v) is 5.89. The van der Waals surface area contributed by atoms with E-state index >= 15 is 0 Å². The molecule has 0 N–H and O–H groups in total. The lowest BCUT2D eigenvalue weighted by molar-refractivity contribution is -0.140. The van der Waals surface area contributed by atoms with E-state index in [-0.39, 0.29) is 18.3 Å². The van der Waals surface area contributed by atoms with Crippen molar-refractivity contribution < 1.29 is 19.1 Å². The molecule has 0 saturated carbocycles. The Labute approximate surface area is 143 Å². The van der Waals surface area contributed by atoms with Gasteiger partial charge in [0.2, 0.25) is 0 Å². The van der Waals surface area contributed by atoms with Crippen molar-refractivity contribution in [2.45, 2.75) is 13.3 Å². The topological polar surface area (TPSA) is 59.1 Å². The minimum Gasteiger partial charge on any atom is -0.469 e. The minimum absolute atomic E-state index is 0.0368. The Bertz CT molecular complexity index is 556. The summed E-state index contributed by atoms with van der Waals surface area (Å²) in [5, 5.41) is 0. The van der Waals surface area contributed by atoms with Crippen LogP contribution in [-0.4, -0.2) is 74.7 Å². The van der Waals surface area contributed by atoms with Gasteiger partial charge in [0.25, 0.3) is 5.91 Å². The maximum Gasteiger partial charge on any atom is 0.307 e. The summed E-state index contributed by atoms with van der Waals surface area (Å²) in [7, 11) is 1.36. The zero-order chi connectivity index (χ0) is 17.4. The van der Waals surface area contributed by atoms with Crippen LogP contribution in [0.25, 0.3) is 0 Å². The molecule has 1 aliphatic heterocycles. The maximum atomic E-state index is 12.9. The van der Waals surface area contributed by atoms with Crippen molar-refractivity contribution in [3.63, 3.8) is 0 Å². The number of nitrogens with zero attached hydrogens (tertiary/aromatic N) is 2. The summed E-state index contributed by atoms with van der Waals surface area (Å²) in [5.41, 5.74) is 1.63. The number of morpholine rings is 1. The third-order valence-electron chi connectivity index (χ3n) is 4.27. The standard InChI is InChI=1S/C18H26N2O4/c1-15-5-3-4-6-16(15)18(22)20(8-7-17(21)23-2)10-9-19-11-13-24-14-12-19/h3-6H,7-14H2,1-2H3. The SMILES string of the molecule is COC(=O)CCN(CCN1CCOCC1)C(=O)c1ccccc1C. The second kappa shape index (κ2) is 9.39. The van der Waals surface area contributed by atoms with Crippen LogP contribution in [-0.2, 0) is 14.3 Å². The Morgan fingerprint density at radius 1 is 1.21 bits per heavy atom. The lowest BCUT2D eigenvalue weighted by Crippen LogP contribution is -2.43. The van der Waals surface area contributed by atoms with Crippen LogP contribution in [0.2, 0.25) is 0 Å². The van der Waals surface area contributed by atoms with Crippen molar-refractivity contribution in [2.75, 3.05) is 53.0 Å². The van der Waals surface area contributed by atoms with E-state index in [1.165, 1.54) is 7.11 Å². The van der Waals surface area contributed by atoms with Gasteiger partial charge < -0.3 is 14.4 Å². The summed E-state index contributed by atoms with van der Waals surface area (Å²) in [6.07, 6.45) is 0.206. The number of amides is 1. The summed E-state index contributed by atoms with van der Waals surface area (Å²) in [6, 6.07) is 7.53. The summed E-state index contributed by atoms with van der Waals surface area (Å²) in [5.74, 6) is -0.339. The molecule has 1 aromatic rings. The number of carbonyl (C=O) groups is 2. The Kier molecular flexibility index (Phi) is 7.21. The zero-order valence-electron chi connectivity index (χ0n) is 14.5. The number of ether oxygens (including phenoxy) is 2. The van der Waals surface area contributed by atoms with E-state index in [4.69, 9.17) is 9.47 Å². The highest BCUT2D eigenvalue weighted by atomic mass is 16.5. The van der Waals surface area contributed by atoms with E-state index in [1.54, 1.807) is 4.90 Å². The van der Waals surface area contributed by atoms with Gasteiger partial charge in [-0.1, -0.05) is 18.2 Å². The summed E-state index contributed by atoms with van der Waals surface area (Å²) in [6.45, 7) is 6.87. The fourth-order valence-corrected chi connectivity index (χ4v) is 2.71. The molecule has 1 amide bonds. The fourth-order valence-electron chi connectivity index (χ4n) is 2.71. The van der Waals surface area contributed by atoms with Gasteiger partial charge in [-0.25, -0.2) is 0 Å². The molecule has 1 saturated heterocycles. The lowest BCUT2D eigenvalue weighted by Gasteiger charge is -2.30. The first-order valence-corrected chi connectivity index (χ1v) is 8.33. The largest absolute Gasteiger partial charge is 0.469 e. The van der Waals surface area contributed by atoms with E-state index in [9.17, 15) is 9.59 Å². The molecule has 132 valence electrons. The molecule has 0 radical (unpaired) electrons. The maximum absolute atomic E-state index is 12.9. The molecule has 1 fully saturated rings. The molecule has 0 unspecified atom stereocenters. The van der Waals surface area contributed by atoms with Gasteiger partial charge in [0.15, 0.2) is 0 Å². The van der Waals surface area contributed by atoms with Crippen LogP contribution in [0.3, 0.4) is 0 Å². The third-order valence-corrected chi connectivity index (χ3v) is 4.27. The molecule has 0 atom stereocenters. The van der Waals surface area contributed by atoms with Gasteiger partial charge in [-0.15, -0.1) is 0 Å². The predicted molar refractivity (Wildman–Crippen MR) is 91.0 cm³/mol. The number of rotatable bonds is 7. The lowest BCUT2D eigenvalue weighted by atomic mass is 10.1. The number of hydrogen-bond donors (Lipinski definition) is 0. The smallest absolute Gasteiger partial charge is 0.307 e. The van der Waals surface area contributed by atoms with Crippen LogP contribution in [0, 0.1) is 6.92 Å². The highest BCUT2D eigenvalue weighted by molar-refractivity contribution is 5.95. The molecule has 1 aromatic carbocycles. The molecule has 1 heterocycles. The van der Waals surface area contributed by atoms with Crippen LogP contribution in [0.5, 0.6) is 0 Å². The first kappa shape index (κ1) is 18.4. The molecule has 0 spiro atoms. The number of benzene rings is 1. The molecule has 2 rings (SSSR count). The molecule has 0 aliphatic carbocycles. The second-order valence-electron chi connectivity index (χ2n) is 5.89. The molecular weight excluding hydrogens is 308 g/mol. The average Bonchev–Trinajstić information content (AvgIpc) is 2.62. The number of esters is 1. The highest BCUT2D eigenvalue weighted by Gasteiger charge is 2.20. The van der Waals surface area contributed by atoms with Crippen molar-refractivity contribution in [3.8, 4) is 0 Å². The highest BCUT2D eigenvalue weighted by Crippen LogP contribution is 2.12. The Hall–Kier alpha value is -1.92. The average molecular weight is 334 g/mol. The van der Waals surface area contributed by atoms with Crippen molar-refractivity contribution in [1.82, 2.24) is 9.80 Å². The van der Waals surface area contributed by atoms with Crippen molar-refractivity contribution in [2.24, 2.45) is 0 Å². The van der Waals surface area contributed by atoms with Crippen molar-refractivity contribution >= 4 is 11.9 Å². The van der Waals surface area contributed by atoms with Gasteiger partial charge >= 0.3 is 5.97 Å². The molecule has 0 bridgehead atoms. The van der Waals surface area contributed by atoms with Crippen LogP contribution >= 0.6 is 0 Å². The molecule has 0 aromatic heterocycles. The van der Waals surface area contributed by atoms with Gasteiger partial charge in [-0.05, 0) is 18.6 Å². The van der Waals surface area contributed by atoms with E-state index in [0.717, 1.165) is 38.4 Å². The van der Waals surface area contributed by atoms with Gasteiger partial charge in [-0.2, -0.15) is 0 Å². The summed E-state index contributed by atoms with van der Waals surface area (Å²) >= 11 is 0. The van der Waals surface area contributed by atoms with Gasteiger partial charge in [0.1, 0.15) is 0 Å². The molecule has 6 nitrogen and oxygen atoms in total. The number of methoxy groups -OCH3 is 1.